The van der Waals surface area contributed by atoms with Crippen LogP contribution < -0.4 is 5.73 Å². The third kappa shape index (κ3) is 2.20. The minimum absolute atomic E-state index is 0.444. The maximum Gasteiger partial charge on any atom is 0.220 e. The van der Waals surface area contributed by atoms with Gasteiger partial charge in [0, 0.05) is 11.3 Å². The lowest BCUT2D eigenvalue weighted by atomic mass is 9.95. The zero-order valence-electron chi connectivity index (χ0n) is 8.77. The van der Waals surface area contributed by atoms with Gasteiger partial charge in [-0.2, -0.15) is 11.8 Å². The summed E-state index contributed by atoms with van der Waals surface area (Å²) in [5.74, 6) is 0.521. The fraction of sp³-hybridized carbons (Fsp3) is 0.778. The highest BCUT2D eigenvalue weighted by molar-refractivity contribution is 7.99. The molecule has 0 radical (unpaired) electrons. The molecule has 0 aliphatic heterocycles. The Kier molecular flexibility index (Phi) is 3.35. The highest BCUT2D eigenvalue weighted by atomic mass is 32.2. The average molecular weight is 244 g/mol. The van der Waals surface area contributed by atoms with Gasteiger partial charge in [-0.25, -0.2) is 5.10 Å². The van der Waals surface area contributed by atoms with Crippen LogP contribution in [0, 0.1) is 4.77 Å². The quantitative estimate of drug-likeness (QED) is 0.784. The predicted octanol–water partition coefficient (Wildman–Crippen LogP) is 2.37. The first kappa shape index (κ1) is 11.0. The van der Waals surface area contributed by atoms with Crippen molar-refractivity contribution in [3.8, 4) is 0 Å². The SMILES string of the molecule is CSC1CCC(n2c(N)n[nH]c2=S)CC1. The first-order valence-electron chi connectivity index (χ1n) is 5.17. The molecule has 0 amide bonds. The van der Waals surface area contributed by atoms with Gasteiger partial charge in [-0.1, -0.05) is 0 Å². The van der Waals surface area contributed by atoms with Crippen molar-refractivity contribution in [3.05, 3.63) is 4.77 Å². The summed E-state index contributed by atoms with van der Waals surface area (Å²) in [6.07, 6.45) is 6.99. The summed E-state index contributed by atoms with van der Waals surface area (Å²) in [6.45, 7) is 0. The summed E-state index contributed by atoms with van der Waals surface area (Å²) in [6, 6.07) is 0.444. The molecule has 0 aromatic carbocycles. The van der Waals surface area contributed by atoms with Crippen LogP contribution in [-0.4, -0.2) is 26.3 Å². The lowest BCUT2D eigenvalue weighted by Gasteiger charge is -2.28. The van der Waals surface area contributed by atoms with Crippen molar-refractivity contribution in [3.63, 3.8) is 0 Å². The van der Waals surface area contributed by atoms with E-state index in [4.69, 9.17) is 18.0 Å². The molecule has 6 heteroatoms. The zero-order valence-corrected chi connectivity index (χ0v) is 10.4. The van der Waals surface area contributed by atoms with Crippen molar-refractivity contribution < 1.29 is 0 Å². The Labute approximate surface area is 98.6 Å². The van der Waals surface area contributed by atoms with Crippen LogP contribution in [-0.2, 0) is 0 Å². The van der Waals surface area contributed by atoms with Gasteiger partial charge in [-0.05, 0) is 44.2 Å². The summed E-state index contributed by atoms with van der Waals surface area (Å²) < 4.78 is 2.62. The summed E-state index contributed by atoms with van der Waals surface area (Å²) >= 11 is 7.13. The molecule has 2 rings (SSSR count). The number of aromatic nitrogens is 3. The van der Waals surface area contributed by atoms with Crippen LogP contribution in [0.4, 0.5) is 5.95 Å². The van der Waals surface area contributed by atoms with Crippen LogP contribution in [0.5, 0.6) is 0 Å². The van der Waals surface area contributed by atoms with Crippen LogP contribution in [0.2, 0.25) is 0 Å². The minimum atomic E-state index is 0.444. The van der Waals surface area contributed by atoms with E-state index in [9.17, 15) is 0 Å². The van der Waals surface area contributed by atoms with Crippen molar-refractivity contribution in [2.45, 2.75) is 37.0 Å². The number of nitrogens with one attached hydrogen (secondary N) is 1. The van der Waals surface area contributed by atoms with Crippen molar-refractivity contribution in [1.82, 2.24) is 14.8 Å². The summed E-state index contributed by atoms with van der Waals surface area (Å²) in [5, 5.41) is 7.50. The van der Waals surface area contributed by atoms with Crippen molar-refractivity contribution in [1.29, 1.82) is 0 Å². The number of nitrogens with two attached hydrogens (primary N) is 1. The Balaban J connectivity index is 2.11. The van der Waals surface area contributed by atoms with E-state index in [1.54, 1.807) is 0 Å². The molecule has 1 aromatic rings. The molecule has 0 saturated heterocycles. The van der Waals surface area contributed by atoms with Crippen LogP contribution in [0.15, 0.2) is 0 Å². The first-order chi connectivity index (χ1) is 7.22. The molecule has 1 aromatic heterocycles. The summed E-state index contributed by atoms with van der Waals surface area (Å²) in [5.41, 5.74) is 5.79. The van der Waals surface area contributed by atoms with Gasteiger partial charge in [0.2, 0.25) is 5.95 Å². The number of H-pyrrole nitrogens is 1. The van der Waals surface area contributed by atoms with E-state index in [1.165, 1.54) is 12.8 Å². The fourth-order valence-electron chi connectivity index (χ4n) is 2.21. The molecule has 4 nitrogen and oxygen atoms in total. The summed E-state index contributed by atoms with van der Waals surface area (Å²) in [7, 11) is 0. The van der Waals surface area contributed by atoms with E-state index in [1.807, 2.05) is 16.3 Å². The molecule has 0 bridgehead atoms. The molecule has 15 heavy (non-hydrogen) atoms. The van der Waals surface area contributed by atoms with E-state index in [0.29, 0.717) is 16.8 Å². The number of hydrogen-bond acceptors (Lipinski definition) is 4. The Morgan fingerprint density at radius 2 is 2.13 bits per heavy atom. The number of hydrogen-bond donors (Lipinski definition) is 2. The van der Waals surface area contributed by atoms with Gasteiger partial charge in [0.15, 0.2) is 4.77 Å². The maximum absolute atomic E-state index is 5.79. The van der Waals surface area contributed by atoms with Crippen molar-refractivity contribution >= 4 is 29.9 Å². The first-order valence-corrected chi connectivity index (χ1v) is 6.87. The second-order valence-electron chi connectivity index (χ2n) is 3.92. The molecule has 1 fully saturated rings. The van der Waals surface area contributed by atoms with E-state index >= 15 is 0 Å². The van der Waals surface area contributed by atoms with Crippen LogP contribution in [0.25, 0.3) is 0 Å². The lowest BCUT2D eigenvalue weighted by molar-refractivity contribution is 0.360. The number of thioether (sulfide) groups is 1. The third-order valence-corrected chi connectivity index (χ3v) is 4.50. The van der Waals surface area contributed by atoms with Crippen LogP contribution in [0.1, 0.15) is 31.7 Å². The van der Waals surface area contributed by atoms with Gasteiger partial charge in [-0.15, -0.1) is 5.10 Å². The fourth-order valence-corrected chi connectivity index (χ4v) is 3.24. The van der Waals surface area contributed by atoms with Gasteiger partial charge in [-0.3, -0.25) is 4.57 Å². The largest absolute Gasteiger partial charge is 0.368 e. The van der Waals surface area contributed by atoms with E-state index in [0.717, 1.165) is 18.1 Å². The molecular weight excluding hydrogens is 228 g/mol. The number of aromatic amines is 1. The number of anilines is 1. The van der Waals surface area contributed by atoms with E-state index < -0.39 is 0 Å². The monoisotopic (exact) mass is 244 g/mol. The molecule has 1 aliphatic carbocycles. The minimum Gasteiger partial charge on any atom is -0.368 e. The predicted molar refractivity (Wildman–Crippen MR) is 66.6 cm³/mol. The number of nitrogen functional groups attached to an aromatic ring is 1. The molecule has 1 aliphatic rings. The zero-order chi connectivity index (χ0) is 10.8. The Bertz CT molecular complexity index is 376. The van der Waals surface area contributed by atoms with Gasteiger partial charge in [0.25, 0.3) is 0 Å². The second kappa shape index (κ2) is 4.57. The Morgan fingerprint density at radius 1 is 1.47 bits per heavy atom. The van der Waals surface area contributed by atoms with Crippen LogP contribution in [0.3, 0.4) is 0 Å². The molecular formula is C9H16N4S2. The van der Waals surface area contributed by atoms with E-state index in [2.05, 4.69) is 16.5 Å². The molecule has 1 saturated carbocycles. The normalized spacial score (nSPS) is 26.7. The standard InChI is InChI=1S/C9H16N4S2/c1-15-7-4-2-6(3-5-7)13-8(10)11-12-9(13)14/h6-7H,2-5H2,1H3,(H2,10,11)(H,12,14). The second-order valence-corrected chi connectivity index (χ2v) is 5.45. The molecule has 3 N–H and O–H groups in total. The van der Waals surface area contributed by atoms with Gasteiger partial charge < -0.3 is 5.73 Å². The molecule has 0 spiro atoms. The van der Waals surface area contributed by atoms with Crippen molar-refractivity contribution in [2.75, 3.05) is 12.0 Å². The molecule has 84 valence electrons. The van der Waals surface area contributed by atoms with Crippen LogP contribution >= 0.6 is 24.0 Å². The van der Waals surface area contributed by atoms with Crippen molar-refractivity contribution in [2.24, 2.45) is 0 Å². The van der Waals surface area contributed by atoms with Gasteiger partial charge in [0.05, 0.1) is 0 Å². The number of nitrogens with zero attached hydrogens (tertiary/aromatic N) is 2. The van der Waals surface area contributed by atoms with Gasteiger partial charge >= 0.3 is 0 Å². The molecule has 0 atom stereocenters. The highest BCUT2D eigenvalue weighted by Crippen LogP contribution is 2.34. The topological polar surface area (TPSA) is 59.6 Å². The van der Waals surface area contributed by atoms with E-state index in [-0.39, 0.29) is 0 Å². The molecule has 1 heterocycles. The summed E-state index contributed by atoms with van der Waals surface area (Å²) in [4.78, 5) is 0. The smallest absolute Gasteiger partial charge is 0.220 e. The maximum atomic E-state index is 5.79. The highest BCUT2D eigenvalue weighted by Gasteiger charge is 2.23. The Hall–Kier alpha value is -0.490. The third-order valence-electron chi connectivity index (χ3n) is 3.07. The van der Waals surface area contributed by atoms with Gasteiger partial charge in [0.1, 0.15) is 0 Å². The average Bonchev–Trinajstić information content (AvgIpc) is 2.59. The Morgan fingerprint density at radius 3 is 2.60 bits per heavy atom. The number of rotatable bonds is 2. The lowest BCUT2D eigenvalue weighted by Crippen LogP contribution is -2.20. The molecule has 0 unspecified atom stereocenters.